The van der Waals surface area contributed by atoms with Gasteiger partial charge >= 0.3 is 12.2 Å². The molecule has 6 amide bonds. The number of nitrogens with two attached hydrogens (primary N) is 2. The highest BCUT2D eigenvalue weighted by molar-refractivity contribution is 7.15. The van der Waals surface area contributed by atoms with Gasteiger partial charge in [-0.25, -0.2) is 14.6 Å². The number of carbonyl (C=O) groups excluding carboxylic acids is 6. The number of anilines is 5. The van der Waals surface area contributed by atoms with Crippen molar-refractivity contribution in [2.75, 3.05) is 54.3 Å². The fraction of sp³-hybridized carbons (Fsp3) is 0.553. The molecule has 0 bridgehead atoms. The van der Waals surface area contributed by atoms with Crippen LogP contribution >= 0.6 is 11.3 Å². The second kappa shape index (κ2) is 20.6. The molecular formula is C47H64N10O8S. The SMILES string of the molecule is COC(=O)N[C@H](C(=O)N1CCC[C@H]1C(=O)Nc1ccc([C@H]2CC[C@H](c3ccc(NC(=O)[C@@H]4CCCN4C(=O)[C@@H](NC(=O)OC)C(C)C)c(N)c3)N2c2nc3c(s2)CCCC3)cc1N)C(C)C. The van der Waals surface area contributed by atoms with Crippen LogP contribution < -0.4 is 37.6 Å². The molecule has 8 N–H and O–H groups in total. The maximum Gasteiger partial charge on any atom is 0.407 e. The quantitative estimate of drug-likeness (QED) is 0.110. The third-order valence-corrected chi connectivity index (χ3v) is 14.5. The van der Waals surface area contributed by atoms with E-state index < -0.39 is 36.4 Å². The normalized spacial score (nSPS) is 21.3. The van der Waals surface area contributed by atoms with Crippen molar-refractivity contribution < 1.29 is 38.2 Å². The van der Waals surface area contributed by atoms with Gasteiger partial charge in [-0.3, -0.25) is 19.2 Å². The third kappa shape index (κ3) is 10.1. The van der Waals surface area contributed by atoms with Crippen LogP contribution in [0.2, 0.25) is 0 Å². The molecule has 0 spiro atoms. The monoisotopic (exact) mass is 928 g/mol. The number of methoxy groups -OCH3 is 2. The minimum absolute atomic E-state index is 0.109. The molecule has 356 valence electrons. The molecule has 3 aliphatic heterocycles. The first-order chi connectivity index (χ1) is 31.6. The van der Waals surface area contributed by atoms with Gasteiger partial charge in [0.05, 0.1) is 54.7 Å². The number of nitrogens with one attached hydrogen (secondary N) is 4. The van der Waals surface area contributed by atoms with E-state index in [4.69, 9.17) is 25.9 Å². The van der Waals surface area contributed by atoms with Crippen LogP contribution in [-0.2, 0) is 41.5 Å². The highest BCUT2D eigenvalue weighted by atomic mass is 32.1. The molecule has 18 nitrogen and oxygen atoms in total. The summed E-state index contributed by atoms with van der Waals surface area (Å²) >= 11 is 1.72. The van der Waals surface area contributed by atoms with Crippen LogP contribution in [0.3, 0.4) is 0 Å². The number of aromatic nitrogens is 1. The van der Waals surface area contributed by atoms with Gasteiger partial charge in [0.15, 0.2) is 5.13 Å². The summed E-state index contributed by atoms with van der Waals surface area (Å²) in [6, 6.07) is 8.00. The smallest absolute Gasteiger partial charge is 0.407 e. The number of hydrogen-bond acceptors (Lipinski definition) is 13. The number of aryl methyl sites for hydroxylation is 2. The van der Waals surface area contributed by atoms with E-state index in [2.05, 4.69) is 26.2 Å². The number of likely N-dealkylation sites (tertiary alicyclic amines) is 2. The Morgan fingerprint density at radius 1 is 0.667 bits per heavy atom. The average Bonchev–Trinajstić information content (AvgIpc) is 4.14. The van der Waals surface area contributed by atoms with Crippen molar-refractivity contribution in [2.45, 2.75) is 128 Å². The van der Waals surface area contributed by atoms with Crippen molar-refractivity contribution in [3.05, 3.63) is 58.1 Å². The summed E-state index contributed by atoms with van der Waals surface area (Å²) < 4.78 is 9.48. The van der Waals surface area contributed by atoms with Gasteiger partial charge in [-0.15, -0.1) is 11.3 Å². The number of hydrogen-bond donors (Lipinski definition) is 6. The van der Waals surface area contributed by atoms with Crippen molar-refractivity contribution >= 4 is 75.0 Å². The topological polar surface area (TPSA) is 244 Å². The molecule has 3 saturated heterocycles. The van der Waals surface area contributed by atoms with Gasteiger partial charge in [0.2, 0.25) is 23.6 Å². The number of alkyl carbamates (subject to hydrolysis) is 2. The molecule has 0 saturated carbocycles. The number of nitrogens with zero attached hydrogens (tertiary/aromatic N) is 4. The van der Waals surface area contributed by atoms with Crippen LogP contribution in [-0.4, -0.2) is 102 Å². The molecule has 66 heavy (non-hydrogen) atoms. The lowest BCUT2D eigenvalue weighted by molar-refractivity contribution is -0.139. The Bertz CT molecular complexity index is 2170. The van der Waals surface area contributed by atoms with Gasteiger partial charge in [0, 0.05) is 18.0 Å². The number of nitrogen functional groups attached to an aromatic ring is 2. The van der Waals surface area contributed by atoms with Crippen LogP contribution in [0.25, 0.3) is 0 Å². The molecule has 3 aromatic rings. The zero-order valence-electron chi connectivity index (χ0n) is 38.7. The van der Waals surface area contributed by atoms with E-state index in [1.54, 1.807) is 11.3 Å². The first-order valence-corrected chi connectivity index (χ1v) is 23.9. The summed E-state index contributed by atoms with van der Waals surface area (Å²) in [5.41, 5.74) is 18.1. The summed E-state index contributed by atoms with van der Waals surface area (Å²) in [5, 5.41) is 12.1. The fourth-order valence-electron chi connectivity index (χ4n) is 9.78. The van der Waals surface area contributed by atoms with Crippen LogP contribution in [0.4, 0.5) is 37.5 Å². The lowest BCUT2D eigenvalue weighted by Crippen LogP contribution is -2.54. The number of rotatable bonds is 13. The lowest BCUT2D eigenvalue weighted by atomic mass is 10.0. The second-order valence-electron chi connectivity index (χ2n) is 18.4. The predicted molar refractivity (Wildman–Crippen MR) is 253 cm³/mol. The average molecular weight is 929 g/mol. The largest absolute Gasteiger partial charge is 0.453 e. The minimum atomic E-state index is -0.846. The number of amides is 6. The number of ether oxygens (including phenoxy) is 2. The molecule has 4 heterocycles. The lowest BCUT2D eigenvalue weighted by Gasteiger charge is -2.32. The zero-order valence-corrected chi connectivity index (χ0v) is 39.5. The maximum atomic E-state index is 13.8. The predicted octanol–water partition coefficient (Wildman–Crippen LogP) is 5.89. The first-order valence-electron chi connectivity index (χ1n) is 23.1. The Labute approximate surface area is 389 Å². The number of fused-ring (bicyclic) bond motifs is 1. The van der Waals surface area contributed by atoms with E-state index in [9.17, 15) is 28.8 Å². The summed E-state index contributed by atoms with van der Waals surface area (Å²) in [4.78, 5) is 90.8. The van der Waals surface area contributed by atoms with Crippen molar-refractivity contribution in [1.29, 1.82) is 0 Å². The minimum Gasteiger partial charge on any atom is -0.453 e. The molecule has 6 atom stereocenters. The summed E-state index contributed by atoms with van der Waals surface area (Å²) in [5.74, 6) is -1.83. The highest BCUT2D eigenvalue weighted by Gasteiger charge is 2.42. The third-order valence-electron chi connectivity index (χ3n) is 13.3. The molecule has 0 radical (unpaired) electrons. The van der Waals surface area contributed by atoms with Crippen LogP contribution in [0.1, 0.15) is 113 Å². The molecule has 0 unspecified atom stereocenters. The Hall–Kier alpha value is -6.11. The van der Waals surface area contributed by atoms with E-state index in [0.717, 1.165) is 60.5 Å². The van der Waals surface area contributed by atoms with E-state index >= 15 is 0 Å². The van der Waals surface area contributed by atoms with Gasteiger partial charge < -0.3 is 56.9 Å². The fourth-order valence-corrected chi connectivity index (χ4v) is 11.0. The number of carbonyl (C=O) groups is 6. The number of thiazole rings is 1. The Morgan fingerprint density at radius 2 is 1.12 bits per heavy atom. The van der Waals surface area contributed by atoms with Gasteiger partial charge in [-0.2, -0.15) is 0 Å². The number of benzene rings is 2. The summed E-state index contributed by atoms with van der Waals surface area (Å²) in [6.45, 7) is 8.08. The summed E-state index contributed by atoms with van der Waals surface area (Å²) in [7, 11) is 2.48. The second-order valence-corrected chi connectivity index (χ2v) is 19.4. The summed E-state index contributed by atoms with van der Waals surface area (Å²) in [6.07, 6.45) is 6.52. The van der Waals surface area contributed by atoms with Crippen molar-refractivity contribution in [1.82, 2.24) is 25.4 Å². The zero-order chi connectivity index (χ0) is 47.4. The van der Waals surface area contributed by atoms with Crippen LogP contribution in [0.5, 0.6) is 0 Å². The van der Waals surface area contributed by atoms with Crippen molar-refractivity contribution in [3.8, 4) is 0 Å². The standard InChI is InChI=1S/C47H64N10O8S/c1-25(2)39(53-46(62)64-5)43(60)55-21-9-12-36(55)41(58)50-31-17-15-27(23-29(31)48)34-19-20-35(57(34)45-52-33-11-7-8-14-38(33)66-45)28-16-18-32(30(49)24-28)51-42(59)37-13-10-22-56(37)44(61)40(26(3)4)54-47(63)65-6/h15-18,23-26,34-37,39-40H,7-14,19-22,48-49H2,1-6H3,(H,50,58)(H,51,59)(H,53,62)(H,54,63)/t34-,35-,36+,37+,39+,40+/m1/s1. The Balaban J connectivity index is 1.08. The molecule has 19 heteroatoms. The van der Waals surface area contributed by atoms with Crippen molar-refractivity contribution in [3.63, 3.8) is 0 Å². The van der Waals surface area contributed by atoms with Gasteiger partial charge in [0.25, 0.3) is 0 Å². The van der Waals surface area contributed by atoms with Crippen molar-refractivity contribution in [2.24, 2.45) is 11.8 Å². The van der Waals surface area contributed by atoms with Crippen LogP contribution in [0.15, 0.2) is 36.4 Å². The van der Waals surface area contributed by atoms with E-state index in [0.29, 0.717) is 61.5 Å². The molecule has 4 aliphatic rings. The molecule has 3 fully saturated rings. The maximum absolute atomic E-state index is 13.8. The van der Waals surface area contributed by atoms with Gasteiger partial charge in [-0.05, 0) is 111 Å². The molecule has 1 aromatic heterocycles. The van der Waals surface area contributed by atoms with Crippen LogP contribution in [0, 0.1) is 11.8 Å². The Kier molecular flexibility index (Phi) is 14.9. The van der Waals surface area contributed by atoms with E-state index in [-0.39, 0.29) is 47.5 Å². The first kappa shape index (κ1) is 47.8. The van der Waals surface area contributed by atoms with Gasteiger partial charge in [0.1, 0.15) is 24.2 Å². The molecule has 1 aliphatic carbocycles. The van der Waals surface area contributed by atoms with E-state index in [1.807, 2.05) is 64.1 Å². The molecular weight excluding hydrogens is 865 g/mol. The van der Waals surface area contributed by atoms with Gasteiger partial charge in [-0.1, -0.05) is 39.8 Å². The molecule has 7 rings (SSSR count). The van der Waals surface area contributed by atoms with E-state index in [1.165, 1.54) is 28.9 Å². The molecule has 2 aromatic carbocycles. The highest BCUT2D eigenvalue weighted by Crippen LogP contribution is 2.50. The Morgan fingerprint density at radius 3 is 1.53 bits per heavy atom.